The van der Waals surface area contributed by atoms with Crippen molar-refractivity contribution >= 4 is 23.4 Å². The second-order valence-electron chi connectivity index (χ2n) is 8.92. The van der Waals surface area contributed by atoms with Gasteiger partial charge < -0.3 is 25.4 Å². The van der Waals surface area contributed by atoms with E-state index in [0.717, 1.165) is 12.3 Å². The minimum Gasteiger partial charge on any atom is -0.489 e. The molecule has 0 spiro atoms. The SMILES string of the molecule is Cc1nc(NC2CC(Oc3ccc(C(F)(F)F)nc3)C2)nc2c1NC(=O)[C@H](C(C)(C)O)N2C. The molecule has 0 aromatic carbocycles. The van der Waals surface area contributed by atoms with E-state index in [-0.39, 0.29) is 23.8 Å². The number of halogens is 3. The van der Waals surface area contributed by atoms with Gasteiger partial charge in [-0.25, -0.2) is 9.97 Å². The number of carbonyl (C=O) groups excluding carboxylic acids is 1. The fourth-order valence-electron chi connectivity index (χ4n) is 4.08. The Labute approximate surface area is 188 Å². The molecule has 2 aliphatic rings. The molecule has 2 aromatic rings. The van der Waals surface area contributed by atoms with Crippen LogP contribution in [-0.2, 0) is 11.0 Å². The predicted octanol–water partition coefficient (Wildman–Crippen LogP) is 2.75. The topological polar surface area (TPSA) is 112 Å². The fraction of sp³-hybridized carbons (Fsp3) is 0.524. The molecule has 0 unspecified atom stereocenters. The third kappa shape index (κ3) is 4.65. The molecular formula is C21H25F3N6O3. The summed E-state index contributed by atoms with van der Waals surface area (Å²) in [6.07, 6.45) is -2.36. The largest absolute Gasteiger partial charge is 0.489 e. The van der Waals surface area contributed by atoms with Crippen LogP contribution in [0.15, 0.2) is 18.3 Å². The summed E-state index contributed by atoms with van der Waals surface area (Å²) in [7, 11) is 1.70. The van der Waals surface area contributed by atoms with E-state index in [1.807, 2.05) is 0 Å². The lowest BCUT2D eigenvalue weighted by molar-refractivity contribution is -0.141. The molecule has 1 aliphatic carbocycles. The molecule has 12 heteroatoms. The van der Waals surface area contributed by atoms with Gasteiger partial charge in [0.05, 0.1) is 17.5 Å². The third-order valence-corrected chi connectivity index (χ3v) is 5.72. The highest BCUT2D eigenvalue weighted by Gasteiger charge is 2.42. The molecule has 1 saturated carbocycles. The highest BCUT2D eigenvalue weighted by molar-refractivity contribution is 6.04. The van der Waals surface area contributed by atoms with Crippen LogP contribution in [-0.4, -0.2) is 56.8 Å². The van der Waals surface area contributed by atoms with E-state index in [0.29, 0.717) is 36.0 Å². The van der Waals surface area contributed by atoms with Gasteiger partial charge in [-0.3, -0.25) is 4.79 Å². The zero-order chi connectivity index (χ0) is 24.1. The summed E-state index contributed by atoms with van der Waals surface area (Å²) in [4.78, 5) is 26.5. The molecule has 1 atom stereocenters. The first kappa shape index (κ1) is 23.0. The van der Waals surface area contributed by atoms with Gasteiger partial charge in [0, 0.05) is 25.9 Å². The molecule has 178 valence electrons. The van der Waals surface area contributed by atoms with Crippen molar-refractivity contribution in [3.8, 4) is 5.75 Å². The van der Waals surface area contributed by atoms with Crippen molar-refractivity contribution in [2.24, 2.45) is 0 Å². The van der Waals surface area contributed by atoms with Crippen molar-refractivity contribution < 1.29 is 27.8 Å². The van der Waals surface area contributed by atoms with Gasteiger partial charge in [0.1, 0.15) is 29.3 Å². The van der Waals surface area contributed by atoms with Crippen LogP contribution in [0.1, 0.15) is 38.1 Å². The average Bonchev–Trinajstić information content (AvgIpc) is 2.66. The lowest BCUT2D eigenvalue weighted by atomic mass is 9.89. The molecule has 3 N–H and O–H groups in total. The number of rotatable bonds is 5. The fourth-order valence-corrected chi connectivity index (χ4v) is 4.08. The number of alkyl halides is 3. The Morgan fingerprint density at radius 1 is 1.24 bits per heavy atom. The number of likely N-dealkylation sites (N-methyl/N-ethyl adjacent to an activating group) is 1. The summed E-state index contributed by atoms with van der Waals surface area (Å²) >= 11 is 0. The summed E-state index contributed by atoms with van der Waals surface area (Å²) < 4.78 is 43.5. The number of fused-ring (bicyclic) bond motifs is 1. The van der Waals surface area contributed by atoms with Gasteiger partial charge in [-0.05, 0) is 32.9 Å². The maximum Gasteiger partial charge on any atom is 0.433 e. The summed E-state index contributed by atoms with van der Waals surface area (Å²) in [5, 5.41) is 16.4. The minimum atomic E-state index is -4.49. The maximum absolute atomic E-state index is 12.6. The quantitative estimate of drug-likeness (QED) is 0.617. The smallest absolute Gasteiger partial charge is 0.433 e. The highest BCUT2D eigenvalue weighted by atomic mass is 19.4. The normalized spacial score (nSPS) is 22.8. The molecule has 0 radical (unpaired) electrons. The number of carbonyl (C=O) groups is 1. The van der Waals surface area contributed by atoms with E-state index in [1.54, 1.807) is 32.7 Å². The molecule has 1 aliphatic heterocycles. The van der Waals surface area contributed by atoms with E-state index in [4.69, 9.17) is 4.74 Å². The standard InChI is InChI=1S/C21H25F3N6O3/c1-10-15-17(30(4)16(18(31)28-15)20(2,3)32)29-19(26-10)27-11-7-13(8-11)33-12-5-6-14(25-9-12)21(22,23)24/h5-6,9,11,13,16,32H,7-8H2,1-4H3,(H,28,31)(H,26,27,29)/t11?,13?,16-/m1/s1. The van der Waals surface area contributed by atoms with Crippen molar-refractivity contribution in [1.29, 1.82) is 0 Å². The number of amides is 1. The van der Waals surface area contributed by atoms with Gasteiger partial charge in [0.2, 0.25) is 11.9 Å². The Kier molecular flexibility index (Phi) is 5.59. The van der Waals surface area contributed by atoms with Gasteiger partial charge in [0.25, 0.3) is 0 Å². The molecule has 9 nitrogen and oxygen atoms in total. The second-order valence-corrected chi connectivity index (χ2v) is 8.92. The van der Waals surface area contributed by atoms with Crippen LogP contribution in [0.5, 0.6) is 5.75 Å². The van der Waals surface area contributed by atoms with Gasteiger partial charge in [-0.1, -0.05) is 0 Å². The first-order valence-electron chi connectivity index (χ1n) is 10.4. The number of nitrogens with one attached hydrogen (secondary N) is 2. The van der Waals surface area contributed by atoms with Crippen molar-refractivity contribution in [2.45, 2.75) is 63.6 Å². The molecule has 0 bridgehead atoms. The minimum absolute atomic E-state index is 0.0171. The predicted molar refractivity (Wildman–Crippen MR) is 114 cm³/mol. The van der Waals surface area contributed by atoms with Gasteiger partial charge >= 0.3 is 6.18 Å². The van der Waals surface area contributed by atoms with Crippen LogP contribution in [0.2, 0.25) is 0 Å². The number of aromatic nitrogens is 3. The van der Waals surface area contributed by atoms with E-state index in [9.17, 15) is 23.1 Å². The Hall–Kier alpha value is -3.15. The zero-order valence-electron chi connectivity index (χ0n) is 18.6. The monoisotopic (exact) mass is 466 g/mol. The average molecular weight is 466 g/mol. The Morgan fingerprint density at radius 3 is 2.52 bits per heavy atom. The van der Waals surface area contributed by atoms with E-state index in [2.05, 4.69) is 25.6 Å². The van der Waals surface area contributed by atoms with Crippen LogP contribution in [0.3, 0.4) is 0 Å². The molecule has 33 heavy (non-hydrogen) atoms. The Morgan fingerprint density at radius 2 is 1.94 bits per heavy atom. The van der Waals surface area contributed by atoms with Gasteiger partial charge in [0.15, 0.2) is 5.82 Å². The second kappa shape index (κ2) is 8.01. The maximum atomic E-state index is 12.6. The highest BCUT2D eigenvalue weighted by Crippen LogP contribution is 2.36. The van der Waals surface area contributed by atoms with Gasteiger partial charge in [-0.15, -0.1) is 0 Å². The molecule has 3 heterocycles. The Bertz CT molecular complexity index is 1050. The first-order chi connectivity index (χ1) is 15.3. The van der Waals surface area contributed by atoms with Crippen molar-refractivity contribution in [1.82, 2.24) is 15.0 Å². The molecule has 0 saturated heterocycles. The molecular weight excluding hydrogens is 441 g/mol. The van der Waals surface area contributed by atoms with E-state index >= 15 is 0 Å². The van der Waals surface area contributed by atoms with E-state index < -0.39 is 23.5 Å². The lowest BCUT2D eigenvalue weighted by Crippen LogP contribution is -2.57. The molecule has 1 fully saturated rings. The summed E-state index contributed by atoms with van der Waals surface area (Å²) in [6.45, 7) is 4.88. The summed E-state index contributed by atoms with van der Waals surface area (Å²) in [5.74, 6) is 0.826. The molecule has 4 rings (SSSR count). The summed E-state index contributed by atoms with van der Waals surface area (Å²) in [6, 6.07) is 1.36. The van der Waals surface area contributed by atoms with Crippen molar-refractivity contribution in [3.63, 3.8) is 0 Å². The van der Waals surface area contributed by atoms with Crippen LogP contribution in [0.4, 0.5) is 30.6 Å². The Balaban J connectivity index is 1.39. The third-order valence-electron chi connectivity index (χ3n) is 5.72. The van der Waals surface area contributed by atoms with Crippen LogP contribution < -0.4 is 20.3 Å². The number of hydrogen-bond acceptors (Lipinski definition) is 8. The van der Waals surface area contributed by atoms with Crippen LogP contribution >= 0.6 is 0 Å². The number of hydrogen-bond donors (Lipinski definition) is 3. The van der Waals surface area contributed by atoms with Crippen molar-refractivity contribution in [3.05, 3.63) is 29.7 Å². The van der Waals surface area contributed by atoms with E-state index in [1.165, 1.54) is 6.07 Å². The number of aryl methyl sites for hydroxylation is 1. The number of ether oxygens (including phenoxy) is 1. The number of nitrogens with zero attached hydrogens (tertiary/aromatic N) is 4. The van der Waals surface area contributed by atoms with Gasteiger partial charge in [-0.2, -0.15) is 18.2 Å². The first-order valence-corrected chi connectivity index (χ1v) is 10.4. The van der Waals surface area contributed by atoms with Crippen molar-refractivity contribution in [2.75, 3.05) is 22.6 Å². The number of anilines is 3. The lowest BCUT2D eigenvalue weighted by Gasteiger charge is -2.41. The molecule has 1 amide bonds. The van der Waals surface area contributed by atoms with Crippen LogP contribution in [0.25, 0.3) is 0 Å². The number of pyridine rings is 1. The number of aliphatic hydroxyl groups is 1. The molecule has 2 aromatic heterocycles. The zero-order valence-corrected chi connectivity index (χ0v) is 18.6. The van der Waals surface area contributed by atoms with Crippen LogP contribution in [0, 0.1) is 6.92 Å². The summed E-state index contributed by atoms with van der Waals surface area (Å²) in [5.41, 5.74) is -1.16.